The third kappa shape index (κ3) is 2.71. The van der Waals surface area contributed by atoms with Crippen molar-refractivity contribution in [3.63, 3.8) is 0 Å². The van der Waals surface area contributed by atoms with Gasteiger partial charge in [-0.05, 0) is 19.3 Å². The molecule has 0 spiro atoms. The van der Waals surface area contributed by atoms with E-state index >= 15 is 0 Å². The summed E-state index contributed by atoms with van der Waals surface area (Å²) in [7, 11) is 0. The average molecular weight is 247 g/mol. The lowest BCUT2D eigenvalue weighted by Crippen LogP contribution is -2.32. The number of nitrogens with zero attached hydrogens (tertiary/aromatic N) is 1. The van der Waals surface area contributed by atoms with E-state index in [0.717, 1.165) is 19.3 Å². The van der Waals surface area contributed by atoms with Crippen LogP contribution in [0.15, 0.2) is 5.38 Å². The van der Waals surface area contributed by atoms with Crippen molar-refractivity contribution in [2.24, 2.45) is 5.73 Å². The van der Waals surface area contributed by atoms with Gasteiger partial charge in [0.05, 0.1) is 11.2 Å². The molecule has 1 aromatic heterocycles. The zero-order chi connectivity index (χ0) is 10.0. The molecule has 2 N–H and O–H groups in total. The van der Waals surface area contributed by atoms with E-state index in [1.807, 2.05) is 0 Å². The topological polar surface area (TPSA) is 38.9 Å². The van der Waals surface area contributed by atoms with Gasteiger partial charge in [0.15, 0.2) is 0 Å². The van der Waals surface area contributed by atoms with Gasteiger partial charge in [-0.2, -0.15) is 0 Å². The molecular weight excluding hydrogens is 228 g/mol. The molecular formula is C11H19ClN2S. The van der Waals surface area contributed by atoms with Gasteiger partial charge < -0.3 is 5.73 Å². The first-order valence-electron chi connectivity index (χ1n) is 5.48. The summed E-state index contributed by atoms with van der Waals surface area (Å²) in [5.41, 5.74) is 7.48. The van der Waals surface area contributed by atoms with Crippen LogP contribution in [0.25, 0.3) is 0 Å². The van der Waals surface area contributed by atoms with Crippen LogP contribution < -0.4 is 5.73 Å². The lowest BCUT2D eigenvalue weighted by Gasteiger charge is -2.19. The standard InChI is InChI=1S/C11H18N2S.ClH/c1-2-5-9-8-14-10(13-9)11(12)6-3-4-7-11;/h8H,2-7,12H2,1H3;1H. The molecule has 1 saturated carbocycles. The van der Waals surface area contributed by atoms with Gasteiger partial charge in [-0.3, -0.25) is 0 Å². The molecule has 4 heteroatoms. The van der Waals surface area contributed by atoms with Crippen molar-refractivity contribution in [1.82, 2.24) is 4.98 Å². The minimum atomic E-state index is -0.0866. The molecule has 0 radical (unpaired) electrons. The summed E-state index contributed by atoms with van der Waals surface area (Å²) in [6.07, 6.45) is 7.02. The Labute approximate surface area is 102 Å². The third-order valence-electron chi connectivity index (χ3n) is 2.98. The fraction of sp³-hybridized carbons (Fsp3) is 0.727. The predicted molar refractivity (Wildman–Crippen MR) is 67.7 cm³/mol. The lowest BCUT2D eigenvalue weighted by atomic mass is 10.0. The Bertz CT molecular complexity index is 305. The van der Waals surface area contributed by atoms with Crippen molar-refractivity contribution in [2.45, 2.75) is 51.0 Å². The highest BCUT2D eigenvalue weighted by atomic mass is 35.5. The zero-order valence-electron chi connectivity index (χ0n) is 9.16. The van der Waals surface area contributed by atoms with Crippen LogP contribution in [-0.4, -0.2) is 4.98 Å². The molecule has 1 aliphatic rings. The van der Waals surface area contributed by atoms with Crippen LogP contribution in [0.4, 0.5) is 0 Å². The second-order valence-electron chi connectivity index (χ2n) is 4.26. The van der Waals surface area contributed by atoms with E-state index < -0.39 is 0 Å². The number of rotatable bonds is 3. The molecule has 0 amide bonds. The summed E-state index contributed by atoms with van der Waals surface area (Å²) in [5.74, 6) is 0. The minimum absolute atomic E-state index is 0. The smallest absolute Gasteiger partial charge is 0.113 e. The third-order valence-corrected chi connectivity index (χ3v) is 4.09. The van der Waals surface area contributed by atoms with Crippen LogP contribution in [-0.2, 0) is 12.0 Å². The molecule has 2 nitrogen and oxygen atoms in total. The summed E-state index contributed by atoms with van der Waals surface area (Å²) < 4.78 is 0. The Morgan fingerprint density at radius 3 is 2.73 bits per heavy atom. The molecule has 1 fully saturated rings. The molecule has 0 aliphatic heterocycles. The maximum Gasteiger partial charge on any atom is 0.113 e. The van der Waals surface area contributed by atoms with Crippen LogP contribution >= 0.6 is 23.7 Å². The molecule has 15 heavy (non-hydrogen) atoms. The summed E-state index contributed by atoms with van der Waals surface area (Å²) >= 11 is 1.75. The van der Waals surface area contributed by atoms with Gasteiger partial charge in [0.25, 0.3) is 0 Å². The van der Waals surface area contributed by atoms with Gasteiger partial charge in [-0.25, -0.2) is 4.98 Å². The van der Waals surface area contributed by atoms with Crippen LogP contribution in [0.2, 0.25) is 0 Å². The normalized spacial score (nSPS) is 18.8. The van der Waals surface area contributed by atoms with E-state index in [-0.39, 0.29) is 17.9 Å². The highest BCUT2D eigenvalue weighted by molar-refractivity contribution is 7.09. The van der Waals surface area contributed by atoms with Gasteiger partial charge >= 0.3 is 0 Å². The van der Waals surface area contributed by atoms with E-state index in [2.05, 4.69) is 17.3 Å². The SMILES string of the molecule is CCCc1csc(C2(N)CCCC2)n1.Cl. The van der Waals surface area contributed by atoms with Crippen molar-refractivity contribution in [3.8, 4) is 0 Å². The van der Waals surface area contributed by atoms with Gasteiger partial charge in [-0.15, -0.1) is 23.7 Å². The summed E-state index contributed by atoms with van der Waals surface area (Å²) in [4.78, 5) is 4.65. The fourth-order valence-corrected chi connectivity index (χ4v) is 3.15. The van der Waals surface area contributed by atoms with Crippen LogP contribution in [0.5, 0.6) is 0 Å². The van der Waals surface area contributed by atoms with Crippen LogP contribution in [0.1, 0.15) is 49.7 Å². The minimum Gasteiger partial charge on any atom is -0.319 e. The highest BCUT2D eigenvalue weighted by Gasteiger charge is 2.33. The largest absolute Gasteiger partial charge is 0.319 e. The van der Waals surface area contributed by atoms with E-state index in [9.17, 15) is 0 Å². The molecule has 0 unspecified atom stereocenters. The maximum absolute atomic E-state index is 6.34. The highest BCUT2D eigenvalue weighted by Crippen LogP contribution is 2.37. The molecule has 1 heterocycles. The molecule has 0 saturated heterocycles. The number of halogens is 1. The van der Waals surface area contributed by atoms with E-state index in [1.165, 1.54) is 30.0 Å². The van der Waals surface area contributed by atoms with Crippen molar-refractivity contribution >= 4 is 23.7 Å². The lowest BCUT2D eigenvalue weighted by molar-refractivity contribution is 0.458. The summed E-state index contributed by atoms with van der Waals surface area (Å²) in [6.45, 7) is 2.19. The Balaban J connectivity index is 0.00000112. The Morgan fingerprint density at radius 1 is 1.47 bits per heavy atom. The molecule has 0 bridgehead atoms. The Hall–Kier alpha value is -0.120. The van der Waals surface area contributed by atoms with E-state index in [0.29, 0.717) is 0 Å². The van der Waals surface area contributed by atoms with Crippen LogP contribution in [0.3, 0.4) is 0 Å². The number of nitrogens with two attached hydrogens (primary N) is 1. The number of aryl methyl sites for hydroxylation is 1. The first-order chi connectivity index (χ1) is 6.74. The van der Waals surface area contributed by atoms with Gasteiger partial charge in [0.2, 0.25) is 0 Å². The van der Waals surface area contributed by atoms with Crippen molar-refractivity contribution < 1.29 is 0 Å². The first-order valence-corrected chi connectivity index (χ1v) is 6.36. The van der Waals surface area contributed by atoms with Crippen LogP contribution in [0, 0.1) is 0 Å². The fourth-order valence-electron chi connectivity index (χ4n) is 2.13. The summed E-state index contributed by atoms with van der Waals surface area (Å²) in [5, 5.41) is 3.34. The maximum atomic E-state index is 6.34. The zero-order valence-corrected chi connectivity index (χ0v) is 10.8. The molecule has 0 aromatic carbocycles. The van der Waals surface area contributed by atoms with Gasteiger partial charge in [0, 0.05) is 5.38 Å². The van der Waals surface area contributed by atoms with Gasteiger partial charge in [-0.1, -0.05) is 26.2 Å². The quantitative estimate of drug-likeness (QED) is 0.889. The van der Waals surface area contributed by atoms with E-state index in [1.54, 1.807) is 11.3 Å². The molecule has 0 atom stereocenters. The van der Waals surface area contributed by atoms with Crippen molar-refractivity contribution in [2.75, 3.05) is 0 Å². The molecule has 1 aliphatic carbocycles. The molecule has 86 valence electrons. The Kier molecular flexibility index (Phi) is 4.56. The molecule has 1 aromatic rings. The second kappa shape index (κ2) is 5.28. The predicted octanol–water partition coefficient (Wildman–Crippen LogP) is 3.25. The second-order valence-corrected chi connectivity index (χ2v) is 5.12. The number of thiazole rings is 1. The first kappa shape index (κ1) is 12.9. The monoisotopic (exact) mass is 246 g/mol. The average Bonchev–Trinajstić information content (AvgIpc) is 2.75. The van der Waals surface area contributed by atoms with Crippen molar-refractivity contribution in [3.05, 3.63) is 16.1 Å². The summed E-state index contributed by atoms with van der Waals surface area (Å²) in [6, 6.07) is 0. The van der Waals surface area contributed by atoms with E-state index in [4.69, 9.17) is 5.73 Å². The molecule has 2 rings (SSSR count). The number of hydrogen-bond donors (Lipinski definition) is 1. The van der Waals surface area contributed by atoms with Gasteiger partial charge in [0.1, 0.15) is 5.01 Å². The number of aromatic nitrogens is 1. The Morgan fingerprint density at radius 2 is 2.13 bits per heavy atom. The van der Waals surface area contributed by atoms with Crippen molar-refractivity contribution in [1.29, 1.82) is 0 Å². The number of hydrogen-bond acceptors (Lipinski definition) is 3.